The Labute approximate surface area is 150 Å². The summed E-state index contributed by atoms with van der Waals surface area (Å²) in [7, 11) is 0. The summed E-state index contributed by atoms with van der Waals surface area (Å²) in [5.74, 6) is -1.88. The lowest BCUT2D eigenvalue weighted by atomic mass is 10.1. The number of fused-ring (bicyclic) bond motifs is 1. The molecule has 2 aromatic carbocycles. The summed E-state index contributed by atoms with van der Waals surface area (Å²) < 4.78 is 13.3. The highest BCUT2D eigenvalue weighted by atomic mass is 32.1. The van der Waals surface area contributed by atoms with Crippen LogP contribution in [0.25, 0.3) is 21.5 Å². The van der Waals surface area contributed by atoms with Gasteiger partial charge in [0.05, 0.1) is 5.56 Å². The van der Waals surface area contributed by atoms with Gasteiger partial charge in [-0.3, -0.25) is 14.9 Å². The number of rotatable bonds is 4. The molecule has 0 saturated carbocycles. The Bertz CT molecular complexity index is 1130. The topological polar surface area (TPSA) is 87.7 Å². The Morgan fingerprint density at radius 2 is 1.92 bits per heavy atom. The predicted molar refractivity (Wildman–Crippen MR) is 96.6 cm³/mol. The molecule has 0 aliphatic rings. The summed E-state index contributed by atoms with van der Waals surface area (Å²) in [6.07, 6.45) is 1.50. The number of carbonyl (C=O) groups excluding carboxylic acids is 2. The van der Waals surface area contributed by atoms with Crippen molar-refractivity contribution in [1.82, 2.24) is 15.2 Å². The number of amides is 1. The lowest BCUT2D eigenvalue weighted by Gasteiger charge is -1.99. The van der Waals surface area contributed by atoms with Crippen LogP contribution in [0.2, 0.25) is 0 Å². The van der Waals surface area contributed by atoms with Crippen LogP contribution in [0.15, 0.2) is 54.7 Å². The van der Waals surface area contributed by atoms with Gasteiger partial charge < -0.3 is 4.98 Å². The first kappa shape index (κ1) is 16.1. The third-order valence-corrected chi connectivity index (χ3v) is 4.64. The van der Waals surface area contributed by atoms with Crippen molar-refractivity contribution in [3.8, 4) is 10.6 Å². The monoisotopic (exact) mass is 366 g/mol. The van der Waals surface area contributed by atoms with Gasteiger partial charge >= 0.3 is 0 Å². The molecule has 0 atom stereocenters. The minimum Gasteiger partial charge on any atom is -0.360 e. The van der Waals surface area contributed by atoms with Crippen LogP contribution in [0.1, 0.15) is 10.4 Å². The van der Waals surface area contributed by atoms with E-state index in [9.17, 15) is 14.0 Å². The van der Waals surface area contributed by atoms with Crippen molar-refractivity contribution in [3.05, 3.63) is 66.1 Å². The van der Waals surface area contributed by atoms with E-state index in [0.29, 0.717) is 16.0 Å². The molecule has 26 heavy (non-hydrogen) atoms. The fraction of sp³-hybridized carbons (Fsp3) is 0. The quantitative estimate of drug-likeness (QED) is 0.426. The Hall–Kier alpha value is -3.39. The summed E-state index contributed by atoms with van der Waals surface area (Å²) >= 11 is 1.06. The van der Waals surface area contributed by atoms with Crippen LogP contribution in [0.5, 0.6) is 0 Å². The number of nitrogens with zero attached hydrogens (tertiary/aromatic N) is 2. The number of ketones is 1. The molecule has 0 fully saturated rings. The lowest BCUT2D eigenvalue weighted by molar-refractivity contribution is -0.112. The van der Waals surface area contributed by atoms with E-state index < -0.39 is 17.5 Å². The van der Waals surface area contributed by atoms with Crippen LogP contribution in [0.4, 0.5) is 9.52 Å². The highest BCUT2D eigenvalue weighted by molar-refractivity contribution is 7.18. The van der Waals surface area contributed by atoms with Gasteiger partial charge in [-0.05, 0) is 18.2 Å². The largest absolute Gasteiger partial charge is 0.360 e. The summed E-state index contributed by atoms with van der Waals surface area (Å²) in [6, 6.07) is 13.1. The highest BCUT2D eigenvalue weighted by Crippen LogP contribution is 2.27. The molecule has 0 saturated heterocycles. The molecule has 1 amide bonds. The Morgan fingerprint density at radius 3 is 2.77 bits per heavy atom. The molecule has 0 bridgehead atoms. The fourth-order valence-corrected chi connectivity index (χ4v) is 3.28. The predicted octanol–water partition coefficient (Wildman–Crippen LogP) is 3.65. The van der Waals surface area contributed by atoms with Crippen molar-refractivity contribution in [1.29, 1.82) is 0 Å². The van der Waals surface area contributed by atoms with E-state index in [1.807, 2.05) is 12.1 Å². The number of aromatic amines is 1. The lowest BCUT2D eigenvalue weighted by Crippen LogP contribution is -2.22. The maximum atomic E-state index is 13.3. The first-order chi connectivity index (χ1) is 12.6. The Balaban J connectivity index is 1.54. The average molecular weight is 366 g/mol. The number of halogens is 1. The van der Waals surface area contributed by atoms with Crippen LogP contribution >= 0.6 is 11.3 Å². The number of para-hydroxylation sites is 1. The van der Waals surface area contributed by atoms with Crippen LogP contribution < -0.4 is 5.32 Å². The zero-order valence-corrected chi connectivity index (χ0v) is 14.0. The molecule has 2 N–H and O–H groups in total. The molecule has 128 valence electrons. The molecule has 2 aromatic heterocycles. The average Bonchev–Trinajstić information content (AvgIpc) is 3.28. The van der Waals surface area contributed by atoms with E-state index >= 15 is 0 Å². The molecule has 0 aliphatic heterocycles. The van der Waals surface area contributed by atoms with Gasteiger partial charge in [-0.15, -0.1) is 10.2 Å². The van der Waals surface area contributed by atoms with Crippen LogP contribution in [-0.4, -0.2) is 26.9 Å². The second-order valence-corrected chi connectivity index (χ2v) is 6.43. The third kappa shape index (κ3) is 2.98. The van der Waals surface area contributed by atoms with Crippen molar-refractivity contribution in [2.24, 2.45) is 0 Å². The molecule has 6 nitrogen and oxygen atoms in total. The SMILES string of the molecule is O=C(Nc1nnc(-c2cccc(F)c2)s1)C(=O)c1c[nH]c2ccccc12. The maximum absolute atomic E-state index is 13.3. The molecule has 4 rings (SSSR count). The van der Waals surface area contributed by atoms with E-state index in [-0.39, 0.29) is 10.7 Å². The fourth-order valence-electron chi connectivity index (χ4n) is 2.55. The van der Waals surface area contributed by atoms with Gasteiger partial charge in [-0.2, -0.15) is 0 Å². The Kier molecular flexibility index (Phi) is 4.02. The minimum atomic E-state index is -0.809. The molecule has 0 spiro atoms. The summed E-state index contributed by atoms with van der Waals surface area (Å²) in [6.45, 7) is 0. The number of hydrogen-bond acceptors (Lipinski definition) is 5. The summed E-state index contributed by atoms with van der Waals surface area (Å²) in [5, 5.41) is 11.5. The molecule has 0 unspecified atom stereocenters. The van der Waals surface area contributed by atoms with Gasteiger partial charge in [0.1, 0.15) is 10.8 Å². The van der Waals surface area contributed by atoms with Gasteiger partial charge in [0, 0.05) is 22.7 Å². The Morgan fingerprint density at radius 1 is 1.08 bits per heavy atom. The minimum absolute atomic E-state index is 0.169. The van der Waals surface area contributed by atoms with E-state index in [4.69, 9.17) is 0 Å². The van der Waals surface area contributed by atoms with Crippen molar-refractivity contribution in [2.75, 3.05) is 5.32 Å². The number of nitrogens with one attached hydrogen (secondary N) is 2. The smallest absolute Gasteiger partial charge is 0.298 e. The standard InChI is InChI=1S/C18H11FN4O2S/c19-11-5-3-4-10(8-11)17-22-23-18(26-17)21-16(25)15(24)13-9-20-14-7-2-1-6-12(13)14/h1-9,20H,(H,21,23,25). The molecule has 4 aromatic rings. The second kappa shape index (κ2) is 6.49. The van der Waals surface area contributed by atoms with Crippen molar-refractivity contribution in [3.63, 3.8) is 0 Å². The number of hydrogen-bond donors (Lipinski definition) is 2. The third-order valence-electron chi connectivity index (χ3n) is 3.76. The van der Waals surface area contributed by atoms with E-state index in [1.54, 1.807) is 24.3 Å². The molecule has 0 radical (unpaired) electrons. The van der Waals surface area contributed by atoms with E-state index in [2.05, 4.69) is 20.5 Å². The van der Waals surface area contributed by atoms with Crippen LogP contribution in [0, 0.1) is 5.82 Å². The molecule has 2 heterocycles. The van der Waals surface area contributed by atoms with Gasteiger partial charge in [-0.1, -0.05) is 41.7 Å². The number of carbonyl (C=O) groups is 2. The van der Waals surface area contributed by atoms with Gasteiger partial charge in [-0.25, -0.2) is 4.39 Å². The van der Waals surface area contributed by atoms with Crippen molar-refractivity contribution >= 4 is 39.1 Å². The first-order valence-electron chi connectivity index (χ1n) is 7.63. The highest BCUT2D eigenvalue weighted by Gasteiger charge is 2.21. The zero-order chi connectivity index (χ0) is 18.1. The number of aromatic nitrogens is 3. The van der Waals surface area contributed by atoms with Crippen LogP contribution in [0.3, 0.4) is 0 Å². The molecular formula is C18H11FN4O2S. The second-order valence-electron chi connectivity index (χ2n) is 5.45. The maximum Gasteiger partial charge on any atom is 0.298 e. The summed E-state index contributed by atoms with van der Waals surface area (Å²) in [5.41, 5.74) is 1.60. The first-order valence-corrected chi connectivity index (χ1v) is 8.45. The number of benzene rings is 2. The van der Waals surface area contributed by atoms with E-state index in [1.165, 1.54) is 18.3 Å². The van der Waals surface area contributed by atoms with Gasteiger partial charge in [0.15, 0.2) is 0 Å². The number of Topliss-reactive ketones (excluding diaryl/α,β-unsaturated/α-hetero) is 1. The number of anilines is 1. The van der Waals surface area contributed by atoms with Gasteiger partial charge in [0.2, 0.25) is 5.13 Å². The summed E-state index contributed by atoms with van der Waals surface area (Å²) in [4.78, 5) is 27.6. The van der Waals surface area contributed by atoms with Crippen molar-refractivity contribution in [2.45, 2.75) is 0 Å². The molecule has 8 heteroatoms. The number of H-pyrrole nitrogens is 1. The normalized spacial score (nSPS) is 10.8. The van der Waals surface area contributed by atoms with Gasteiger partial charge in [0.25, 0.3) is 11.7 Å². The molecular weight excluding hydrogens is 355 g/mol. The zero-order valence-electron chi connectivity index (χ0n) is 13.2. The molecule has 0 aliphatic carbocycles. The van der Waals surface area contributed by atoms with E-state index in [0.717, 1.165) is 16.9 Å². The van der Waals surface area contributed by atoms with Crippen molar-refractivity contribution < 1.29 is 14.0 Å². The van der Waals surface area contributed by atoms with Crippen LogP contribution in [-0.2, 0) is 4.79 Å².